The Balaban J connectivity index is 1.91. The highest BCUT2D eigenvalue weighted by Crippen LogP contribution is 2.28. The first-order valence-electron chi connectivity index (χ1n) is 5.86. The average Bonchev–Trinajstić information content (AvgIpc) is 2.87. The van der Waals surface area contributed by atoms with Crippen LogP contribution in [0.1, 0.15) is 5.56 Å². The summed E-state index contributed by atoms with van der Waals surface area (Å²) in [6.45, 7) is 0.167. The van der Waals surface area contributed by atoms with E-state index < -0.39 is 0 Å². The van der Waals surface area contributed by atoms with E-state index in [2.05, 4.69) is 0 Å². The number of hydrogen-bond acceptors (Lipinski definition) is 4. The molecule has 1 aromatic carbocycles. The summed E-state index contributed by atoms with van der Waals surface area (Å²) < 4.78 is 15.5. The van der Waals surface area contributed by atoms with Gasteiger partial charge < -0.3 is 14.2 Å². The number of methoxy groups -OCH3 is 1. The molecule has 0 N–H and O–H groups in total. The van der Waals surface area contributed by atoms with Gasteiger partial charge in [-0.3, -0.25) is 4.79 Å². The summed E-state index contributed by atoms with van der Waals surface area (Å²) >= 11 is 0. The van der Waals surface area contributed by atoms with Crippen molar-refractivity contribution in [3.05, 3.63) is 59.1 Å². The fourth-order valence-corrected chi connectivity index (χ4v) is 1.93. The number of allylic oxidation sites excluding steroid dienone is 3. The average molecular weight is 256 g/mol. The maximum atomic E-state index is 11.9. The highest BCUT2D eigenvalue weighted by molar-refractivity contribution is 6.11. The van der Waals surface area contributed by atoms with Gasteiger partial charge in [0.2, 0.25) is 6.79 Å². The predicted octanol–water partition coefficient (Wildman–Crippen LogP) is 2.43. The Labute approximate surface area is 110 Å². The van der Waals surface area contributed by atoms with Crippen molar-refractivity contribution in [2.75, 3.05) is 13.9 Å². The number of rotatable bonds is 2. The topological polar surface area (TPSA) is 44.8 Å². The summed E-state index contributed by atoms with van der Waals surface area (Å²) in [5.41, 5.74) is 1.51. The zero-order valence-corrected chi connectivity index (χ0v) is 10.4. The van der Waals surface area contributed by atoms with Crippen LogP contribution < -0.4 is 4.74 Å². The fourth-order valence-electron chi connectivity index (χ4n) is 1.93. The molecule has 19 heavy (non-hydrogen) atoms. The molecule has 1 aliphatic heterocycles. The molecule has 0 aromatic heterocycles. The number of carbonyl (C=O) groups is 1. The second-order valence-electron chi connectivity index (χ2n) is 4.16. The third-order valence-corrected chi connectivity index (χ3v) is 2.94. The van der Waals surface area contributed by atoms with E-state index in [-0.39, 0.29) is 12.6 Å². The van der Waals surface area contributed by atoms with E-state index in [0.717, 1.165) is 11.3 Å². The van der Waals surface area contributed by atoms with Crippen molar-refractivity contribution in [2.24, 2.45) is 0 Å². The SMILES string of the molecule is COc1ccc(C=C2C=C3OCOC3=CC2=O)cc1. The van der Waals surface area contributed by atoms with E-state index in [4.69, 9.17) is 14.2 Å². The van der Waals surface area contributed by atoms with Crippen molar-refractivity contribution in [2.45, 2.75) is 0 Å². The Morgan fingerprint density at radius 3 is 2.47 bits per heavy atom. The van der Waals surface area contributed by atoms with Gasteiger partial charge in [0.05, 0.1) is 7.11 Å². The molecule has 1 aromatic rings. The first-order valence-corrected chi connectivity index (χ1v) is 5.86. The second kappa shape index (κ2) is 4.65. The van der Waals surface area contributed by atoms with Gasteiger partial charge in [0.1, 0.15) is 5.75 Å². The van der Waals surface area contributed by atoms with Crippen LogP contribution in [0.5, 0.6) is 5.75 Å². The molecule has 4 heteroatoms. The molecule has 2 aliphatic rings. The number of ketones is 1. The van der Waals surface area contributed by atoms with E-state index in [1.165, 1.54) is 6.08 Å². The Kier molecular flexibility index (Phi) is 2.83. The molecular formula is C15H12O4. The molecule has 4 nitrogen and oxygen atoms in total. The van der Waals surface area contributed by atoms with E-state index in [1.807, 2.05) is 30.3 Å². The zero-order valence-electron chi connectivity index (χ0n) is 10.4. The second-order valence-corrected chi connectivity index (χ2v) is 4.16. The smallest absolute Gasteiger partial charge is 0.231 e. The van der Waals surface area contributed by atoms with Crippen LogP contribution in [0, 0.1) is 0 Å². The Hall–Kier alpha value is -2.49. The van der Waals surface area contributed by atoms with E-state index in [9.17, 15) is 4.79 Å². The molecule has 96 valence electrons. The van der Waals surface area contributed by atoms with Crippen molar-refractivity contribution in [3.63, 3.8) is 0 Å². The number of fused-ring (bicyclic) bond motifs is 1. The summed E-state index contributed by atoms with van der Waals surface area (Å²) in [6.07, 6.45) is 4.97. The molecule has 0 bridgehead atoms. The van der Waals surface area contributed by atoms with Gasteiger partial charge in [-0.1, -0.05) is 12.1 Å². The molecule has 0 spiro atoms. The third-order valence-electron chi connectivity index (χ3n) is 2.94. The monoisotopic (exact) mass is 256 g/mol. The minimum Gasteiger partial charge on any atom is -0.497 e. The number of benzene rings is 1. The molecule has 0 saturated carbocycles. The lowest BCUT2D eigenvalue weighted by Gasteiger charge is -2.07. The zero-order chi connectivity index (χ0) is 13.2. The van der Waals surface area contributed by atoms with E-state index in [1.54, 1.807) is 13.2 Å². The lowest BCUT2D eigenvalue weighted by molar-refractivity contribution is -0.111. The van der Waals surface area contributed by atoms with Gasteiger partial charge in [0.25, 0.3) is 0 Å². The van der Waals surface area contributed by atoms with Crippen molar-refractivity contribution in [3.8, 4) is 5.75 Å². The number of hydrogen-bond donors (Lipinski definition) is 0. The quantitative estimate of drug-likeness (QED) is 0.762. The first kappa shape index (κ1) is 11.6. The van der Waals surface area contributed by atoms with Crippen LogP contribution in [0.3, 0.4) is 0 Å². The number of ether oxygens (including phenoxy) is 3. The Bertz CT molecular complexity index is 606. The summed E-state index contributed by atoms with van der Waals surface area (Å²) in [5.74, 6) is 1.82. The Morgan fingerprint density at radius 2 is 1.79 bits per heavy atom. The molecule has 1 fully saturated rings. The van der Waals surface area contributed by atoms with Crippen LogP contribution in [0.2, 0.25) is 0 Å². The van der Waals surface area contributed by atoms with Crippen LogP contribution in [0.15, 0.2) is 53.5 Å². The minimum atomic E-state index is -0.0833. The predicted molar refractivity (Wildman–Crippen MR) is 69.2 cm³/mol. The fraction of sp³-hybridized carbons (Fsp3) is 0.133. The van der Waals surface area contributed by atoms with Crippen molar-refractivity contribution in [1.29, 1.82) is 0 Å². The van der Waals surface area contributed by atoms with Crippen LogP contribution in [0.4, 0.5) is 0 Å². The van der Waals surface area contributed by atoms with Crippen LogP contribution in [-0.2, 0) is 14.3 Å². The maximum absolute atomic E-state index is 11.9. The van der Waals surface area contributed by atoms with Gasteiger partial charge in [0.15, 0.2) is 17.3 Å². The number of carbonyl (C=O) groups excluding carboxylic acids is 1. The standard InChI is InChI=1S/C15H12O4/c1-17-12-4-2-10(3-5-12)6-11-7-14-15(8-13(11)16)19-9-18-14/h2-8H,9H2,1H3. The maximum Gasteiger partial charge on any atom is 0.231 e. The van der Waals surface area contributed by atoms with Crippen molar-refractivity contribution >= 4 is 11.9 Å². The molecule has 1 heterocycles. The lowest BCUT2D eigenvalue weighted by atomic mass is 10.0. The van der Waals surface area contributed by atoms with E-state index >= 15 is 0 Å². The highest BCUT2D eigenvalue weighted by Gasteiger charge is 2.24. The Morgan fingerprint density at radius 1 is 1.11 bits per heavy atom. The first-order chi connectivity index (χ1) is 9.26. The van der Waals surface area contributed by atoms with Gasteiger partial charge in [-0.25, -0.2) is 0 Å². The van der Waals surface area contributed by atoms with E-state index in [0.29, 0.717) is 17.1 Å². The van der Waals surface area contributed by atoms with Crippen LogP contribution in [0.25, 0.3) is 6.08 Å². The van der Waals surface area contributed by atoms with Crippen molar-refractivity contribution < 1.29 is 19.0 Å². The molecule has 1 aliphatic carbocycles. The van der Waals surface area contributed by atoms with Gasteiger partial charge in [0, 0.05) is 11.6 Å². The molecule has 3 rings (SSSR count). The largest absolute Gasteiger partial charge is 0.497 e. The molecule has 0 unspecified atom stereocenters. The normalized spacial score (nSPS) is 19.2. The van der Waals surface area contributed by atoms with Gasteiger partial charge in [-0.15, -0.1) is 0 Å². The molecule has 0 amide bonds. The van der Waals surface area contributed by atoms with Gasteiger partial charge in [-0.2, -0.15) is 0 Å². The van der Waals surface area contributed by atoms with Crippen LogP contribution in [-0.4, -0.2) is 19.7 Å². The summed E-state index contributed by atoms with van der Waals surface area (Å²) in [6, 6.07) is 7.48. The highest BCUT2D eigenvalue weighted by atomic mass is 16.7. The van der Waals surface area contributed by atoms with Gasteiger partial charge >= 0.3 is 0 Å². The third kappa shape index (κ3) is 2.25. The van der Waals surface area contributed by atoms with Crippen LogP contribution >= 0.6 is 0 Å². The summed E-state index contributed by atoms with van der Waals surface area (Å²) in [5, 5.41) is 0. The lowest BCUT2D eigenvalue weighted by Crippen LogP contribution is -2.04. The molecule has 1 saturated heterocycles. The molecular weight excluding hydrogens is 244 g/mol. The molecule has 0 atom stereocenters. The minimum absolute atomic E-state index is 0.0833. The molecule has 0 radical (unpaired) electrons. The summed E-state index contributed by atoms with van der Waals surface area (Å²) in [7, 11) is 1.62. The van der Waals surface area contributed by atoms with Gasteiger partial charge in [-0.05, 0) is 29.8 Å². The summed E-state index contributed by atoms with van der Waals surface area (Å²) in [4.78, 5) is 11.9. The van der Waals surface area contributed by atoms with Crippen molar-refractivity contribution in [1.82, 2.24) is 0 Å².